The van der Waals surface area contributed by atoms with Crippen molar-refractivity contribution in [2.45, 2.75) is 52.6 Å². The van der Waals surface area contributed by atoms with Crippen LogP contribution in [0.1, 0.15) is 44.2 Å². The van der Waals surface area contributed by atoms with Gasteiger partial charge in [-0.15, -0.1) is 0 Å². The summed E-state index contributed by atoms with van der Waals surface area (Å²) < 4.78 is 0. The van der Waals surface area contributed by atoms with E-state index in [1.807, 2.05) is 11.8 Å². The molecule has 0 spiro atoms. The summed E-state index contributed by atoms with van der Waals surface area (Å²) >= 11 is 0. The molecule has 3 nitrogen and oxygen atoms in total. The van der Waals surface area contributed by atoms with Crippen molar-refractivity contribution in [3.63, 3.8) is 0 Å². The standard InChI is InChI=1S/C16H26N2O/c1-4-11-18(16(19)10-7-14(3)17)12-15-8-5-13(2)6-9-15/h5-6,8-9,14H,4,7,10-12,17H2,1-3H3. The van der Waals surface area contributed by atoms with E-state index in [-0.39, 0.29) is 11.9 Å². The molecule has 0 saturated heterocycles. The molecule has 0 aromatic heterocycles. The van der Waals surface area contributed by atoms with Crippen molar-refractivity contribution < 1.29 is 4.79 Å². The van der Waals surface area contributed by atoms with Gasteiger partial charge in [0.15, 0.2) is 0 Å². The largest absolute Gasteiger partial charge is 0.338 e. The molecule has 1 amide bonds. The molecule has 1 aromatic rings. The maximum Gasteiger partial charge on any atom is 0.222 e. The van der Waals surface area contributed by atoms with Gasteiger partial charge in [0.1, 0.15) is 0 Å². The van der Waals surface area contributed by atoms with Crippen molar-refractivity contribution in [3.8, 4) is 0 Å². The normalized spacial score (nSPS) is 12.2. The van der Waals surface area contributed by atoms with E-state index >= 15 is 0 Å². The van der Waals surface area contributed by atoms with Crippen molar-refractivity contribution in [1.82, 2.24) is 4.90 Å². The first-order chi connectivity index (χ1) is 9.02. The molecule has 0 aliphatic heterocycles. The molecule has 0 heterocycles. The number of hydrogen-bond acceptors (Lipinski definition) is 2. The SMILES string of the molecule is CCCN(Cc1ccc(C)cc1)C(=O)CCC(C)N. The molecule has 0 aliphatic carbocycles. The van der Waals surface area contributed by atoms with E-state index in [9.17, 15) is 4.79 Å². The molecule has 0 fully saturated rings. The lowest BCUT2D eigenvalue weighted by atomic mass is 10.1. The zero-order valence-corrected chi connectivity index (χ0v) is 12.4. The summed E-state index contributed by atoms with van der Waals surface area (Å²) in [4.78, 5) is 14.1. The minimum absolute atomic E-state index is 0.0896. The average Bonchev–Trinajstić information content (AvgIpc) is 2.38. The van der Waals surface area contributed by atoms with Gasteiger partial charge in [0.05, 0.1) is 0 Å². The third-order valence-electron chi connectivity index (χ3n) is 3.15. The quantitative estimate of drug-likeness (QED) is 0.821. The Morgan fingerprint density at radius 1 is 1.32 bits per heavy atom. The van der Waals surface area contributed by atoms with Crippen LogP contribution >= 0.6 is 0 Å². The van der Waals surface area contributed by atoms with Crippen molar-refractivity contribution in [2.75, 3.05) is 6.54 Å². The fourth-order valence-corrected chi connectivity index (χ4v) is 1.98. The Morgan fingerprint density at radius 3 is 2.47 bits per heavy atom. The van der Waals surface area contributed by atoms with Crippen LogP contribution in [0.4, 0.5) is 0 Å². The molecule has 1 aromatic carbocycles. The highest BCUT2D eigenvalue weighted by atomic mass is 16.2. The van der Waals surface area contributed by atoms with Crippen molar-refractivity contribution in [3.05, 3.63) is 35.4 Å². The highest BCUT2D eigenvalue weighted by Gasteiger charge is 2.13. The predicted octanol–water partition coefficient (Wildman–Crippen LogP) is 2.86. The molecule has 19 heavy (non-hydrogen) atoms. The van der Waals surface area contributed by atoms with Crippen LogP contribution in [0.3, 0.4) is 0 Å². The van der Waals surface area contributed by atoms with E-state index in [0.29, 0.717) is 13.0 Å². The van der Waals surface area contributed by atoms with Gasteiger partial charge >= 0.3 is 0 Å². The van der Waals surface area contributed by atoms with Gasteiger partial charge in [-0.3, -0.25) is 4.79 Å². The second-order valence-electron chi connectivity index (χ2n) is 5.32. The number of nitrogens with two attached hydrogens (primary N) is 1. The number of aryl methyl sites for hydroxylation is 1. The minimum Gasteiger partial charge on any atom is -0.338 e. The van der Waals surface area contributed by atoms with Gasteiger partial charge in [0.25, 0.3) is 0 Å². The van der Waals surface area contributed by atoms with Crippen LogP contribution in [0, 0.1) is 6.92 Å². The smallest absolute Gasteiger partial charge is 0.222 e. The van der Waals surface area contributed by atoms with Gasteiger partial charge in [0, 0.05) is 25.6 Å². The molecular formula is C16H26N2O. The van der Waals surface area contributed by atoms with E-state index in [1.165, 1.54) is 11.1 Å². The molecule has 0 bridgehead atoms. The fourth-order valence-electron chi connectivity index (χ4n) is 1.98. The first-order valence-corrected chi connectivity index (χ1v) is 7.11. The van der Waals surface area contributed by atoms with Crippen molar-refractivity contribution >= 4 is 5.91 Å². The van der Waals surface area contributed by atoms with Crippen LogP contribution in [-0.2, 0) is 11.3 Å². The predicted molar refractivity (Wildman–Crippen MR) is 79.8 cm³/mol. The highest BCUT2D eigenvalue weighted by Crippen LogP contribution is 2.10. The van der Waals surface area contributed by atoms with Crippen LogP contribution in [-0.4, -0.2) is 23.4 Å². The van der Waals surface area contributed by atoms with Gasteiger partial charge < -0.3 is 10.6 Å². The summed E-state index contributed by atoms with van der Waals surface area (Å²) in [7, 11) is 0. The summed E-state index contributed by atoms with van der Waals surface area (Å²) in [5, 5.41) is 0. The number of carbonyl (C=O) groups excluding carboxylic acids is 1. The Labute approximate surface area is 116 Å². The van der Waals surface area contributed by atoms with Crippen LogP contribution < -0.4 is 5.73 Å². The van der Waals surface area contributed by atoms with Gasteiger partial charge in [-0.25, -0.2) is 0 Å². The molecular weight excluding hydrogens is 236 g/mol. The van der Waals surface area contributed by atoms with E-state index in [2.05, 4.69) is 38.1 Å². The zero-order valence-electron chi connectivity index (χ0n) is 12.4. The lowest BCUT2D eigenvalue weighted by Crippen LogP contribution is -2.32. The van der Waals surface area contributed by atoms with E-state index < -0.39 is 0 Å². The summed E-state index contributed by atoms with van der Waals surface area (Å²) in [6.45, 7) is 7.62. The Balaban J connectivity index is 2.61. The third-order valence-corrected chi connectivity index (χ3v) is 3.15. The number of carbonyl (C=O) groups is 1. The summed E-state index contributed by atoms with van der Waals surface area (Å²) in [6.07, 6.45) is 2.28. The maximum atomic E-state index is 12.2. The molecule has 1 rings (SSSR count). The molecule has 1 atom stereocenters. The lowest BCUT2D eigenvalue weighted by molar-refractivity contribution is -0.132. The van der Waals surface area contributed by atoms with Crippen molar-refractivity contribution in [2.24, 2.45) is 5.73 Å². The molecule has 0 saturated carbocycles. The van der Waals surface area contributed by atoms with E-state index in [4.69, 9.17) is 5.73 Å². The topological polar surface area (TPSA) is 46.3 Å². The summed E-state index contributed by atoms with van der Waals surface area (Å²) in [5.74, 6) is 0.208. The van der Waals surface area contributed by atoms with Crippen LogP contribution in [0.25, 0.3) is 0 Å². The Morgan fingerprint density at radius 2 is 1.95 bits per heavy atom. The molecule has 0 radical (unpaired) electrons. The number of hydrogen-bond donors (Lipinski definition) is 1. The first-order valence-electron chi connectivity index (χ1n) is 7.11. The van der Waals surface area contributed by atoms with E-state index in [1.54, 1.807) is 0 Å². The summed E-state index contributed by atoms with van der Waals surface area (Å²) in [6, 6.07) is 8.46. The minimum atomic E-state index is 0.0896. The van der Waals surface area contributed by atoms with E-state index in [0.717, 1.165) is 19.4 Å². The van der Waals surface area contributed by atoms with Gasteiger partial charge in [-0.2, -0.15) is 0 Å². The number of amides is 1. The number of nitrogens with zero attached hydrogens (tertiary/aromatic N) is 1. The molecule has 1 unspecified atom stereocenters. The van der Waals surface area contributed by atoms with Crippen molar-refractivity contribution in [1.29, 1.82) is 0 Å². The second kappa shape index (κ2) is 7.95. The van der Waals surface area contributed by atoms with Crippen LogP contribution in [0.5, 0.6) is 0 Å². The Hall–Kier alpha value is -1.35. The number of benzene rings is 1. The molecule has 3 heteroatoms. The van der Waals surface area contributed by atoms with Gasteiger partial charge in [0.2, 0.25) is 5.91 Å². The monoisotopic (exact) mass is 262 g/mol. The second-order valence-corrected chi connectivity index (χ2v) is 5.32. The molecule has 2 N–H and O–H groups in total. The summed E-state index contributed by atoms with van der Waals surface area (Å²) in [5.41, 5.74) is 8.15. The fraction of sp³-hybridized carbons (Fsp3) is 0.562. The number of rotatable bonds is 7. The van der Waals surface area contributed by atoms with Crippen LogP contribution in [0.2, 0.25) is 0 Å². The lowest BCUT2D eigenvalue weighted by Gasteiger charge is -2.23. The van der Waals surface area contributed by atoms with Gasteiger partial charge in [-0.1, -0.05) is 36.8 Å². The van der Waals surface area contributed by atoms with Crippen LogP contribution in [0.15, 0.2) is 24.3 Å². The average molecular weight is 262 g/mol. The molecule has 106 valence electrons. The molecule has 0 aliphatic rings. The highest BCUT2D eigenvalue weighted by molar-refractivity contribution is 5.76. The third kappa shape index (κ3) is 5.88. The Bertz CT molecular complexity index is 384. The Kier molecular flexibility index (Phi) is 6.57. The van der Waals surface area contributed by atoms with Gasteiger partial charge in [-0.05, 0) is 32.3 Å². The maximum absolute atomic E-state index is 12.2. The first kappa shape index (κ1) is 15.7. The zero-order chi connectivity index (χ0) is 14.3.